The highest BCUT2D eigenvalue weighted by atomic mass is 35.5. The van der Waals surface area contributed by atoms with Crippen LogP contribution in [0.25, 0.3) is 0 Å². The summed E-state index contributed by atoms with van der Waals surface area (Å²) in [6.07, 6.45) is 1.29. The van der Waals surface area contributed by atoms with Crippen LogP contribution in [-0.2, 0) is 27.8 Å². The van der Waals surface area contributed by atoms with Gasteiger partial charge in [0, 0.05) is 25.0 Å². The first-order chi connectivity index (χ1) is 12.1. The maximum atomic E-state index is 12.5. The summed E-state index contributed by atoms with van der Waals surface area (Å²) < 4.78 is 7.26. The van der Waals surface area contributed by atoms with Gasteiger partial charge in [0.2, 0.25) is 5.91 Å². The Morgan fingerprint density at radius 1 is 1.48 bits per heavy atom. The highest BCUT2D eigenvalue weighted by molar-refractivity contribution is 6.31. The van der Waals surface area contributed by atoms with Crippen molar-refractivity contribution in [1.29, 1.82) is 0 Å². The molecule has 1 aliphatic heterocycles. The molecule has 9 heteroatoms. The maximum Gasteiger partial charge on any atom is 0.251 e. The van der Waals surface area contributed by atoms with Crippen molar-refractivity contribution in [3.63, 3.8) is 0 Å². The lowest BCUT2D eigenvalue weighted by Gasteiger charge is -2.32. The topological polar surface area (TPSA) is 98.1 Å². The number of carbonyl (C=O) groups excluding carboxylic acids is 2. The fraction of sp³-hybridized carbons (Fsp3) is 0.375. The molecule has 2 aromatic rings. The molecule has 1 aromatic heterocycles. The molecule has 3 rings (SSSR count). The number of halogens is 1. The van der Waals surface area contributed by atoms with Crippen LogP contribution in [0.4, 0.5) is 0 Å². The van der Waals surface area contributed by atoms with Crippen molar-refractivity contribution in [3.05, 3.63) is 47.0 Å². The van der Waals surface area contributed by atoms with E-state index < -0.39 is 12.1 Å². The van der Waals surface area contributed by atoms with Crippen molar-refractivity contribution in [2.75, 3.05) is 13.2 Å². The number of benzene rings is 1. The second-order valence-corrected chi connectivity index (χ2v) is 6.10. The zero-order valence-electron chi connectivity index (χ0n) is 13.6. The monoisotopic (exact) mass is 363 g/mol. The molecule has 2 amide bonds. The van der Waals surface area contributed by atoms with Gasteiger partial charge in [-0.3, -0.25) is 9.59 Å². The van der Waals surface area contributed by atoms with E-state index in [1.165, 1.54) is 0 Å². The van der Waals surface area contributed by atoms with E-state index in [0.717, 1.165) is 5.82 Å². The summed E-state index contributed by atoms with van der Waals surface area (Å²) in [4.78, 5) is 24.2. The summed E-state index contributed by atoms with van der Waals surface area (Å²) >= 11 is 6.21. The average Bonchev–Trinajstić information content (AvgIpc) is 3.00. The van der Waals surface area contributed by atoms with Crippen molar-refractivity contribution in [3.8, 4) is 0 Å². The lowest BCUT2D eigenvalue weighted by molar-refractivity contribution is -0.148. The van der Waals surface area contributed by atoms with Crippen LogP contribution >= 0.6 is 11.6 Å². The Kier molecular flexibility index (Phi) is 5.30. The van der Waals surface area contributed by atoms with Gasteiger partial charge in [0.05, 0.1) is 6.04 Å². The van der Waals surface area contributed by atoms with Gasteiger partial charge in [0.15, 0.2) is 6.10 Å². The summed E-state index contributed by atoms with van der Waals surface area (Å²) in [6.45, 7) is 0.219. The molecule has 0 radical (unpaired) electrons. The summed E-state index contributed by atoms with van der Waals surface area (Å²) in [6, 6.07) is 6.42. The van der Waals surface area contributed by atoms with Gasteiger partial charge < -0.3 is 19.9 Å². The van der Waals surface area contributed by atoms with Crippen LogP contribution in [0.5, 0.6) is 0 Å². The molecule has 1 aliphatic rings. The second kappa shape index (κ2) is 7.62. The number of amides is 2. The number of rotatable bonds is 5. The predicted octanol–water partition coefficient (Wildman–Crippen LogP) is 0.384. The number of carbonyl (C=O) groups is 2. The first kappa shape index (κ1) is 17.4. The Morgan fingerprint density at radius 2 is 2.28 bits per heavy atom. The molecule has 8 nitrogen and oxygen atoms in total. The highest BCUT2D eigenvalue weighted by Gasteiger charge is 2.36. The van der Waals surface area contributed by atoms with Crippen molar-refractivity contribution >= 4 is 23.4 Å². The number of aromatic nitrogens is 3. The number of ether oxygens (including phenoxy) is 1. The molecule has 2 atom stereocenters. The van der Waals surface area contributed by atoms with Gasteiger partial charge in [-0.2, -0.15) is 0 Å². The fourth-order valence-electron chi connectivity index (χ4n) is 2.68. The largest absolute Gasteiger partial charge is 0.356 e. The predicted molar refractivity (Wildman–Crippen MR) is 89.8 cm³/mol. The zero-order chi connectivity index (χ0) is 17.8. The number of aryl methyl sites for hydroxylation is 1. The third-order valence-corrected chi connectivity index (χ3v) is 4.31. The van der Waals surface area contributed by atoms with Crippen molar-refractivity contribution < 1.29 is 14.3 Å². The molecule has 1 aromatic carbocycles. The first-order valence-electron chi connectivity index (χ1n) is 7.82. The summed E-state index contributed by atoms with van der Waals surface area (Å²) in [5.74, 6) is 0.168. The second-order valence-electron chi connectivity index (χ2n) is 5.70. The number of nitrogens with zero attached hydrogens (tertiary/aromatic N) is 3. The van der Waals surface area contributed by atoms with Crippen LogP contribution in [0.15, 0.2) is 30.6 Å². The van der Waals surface area contributed by atoms with Crippen molar-refractivity contribution in [2.24, 2.45) is 7.05 Å². The van der Waals surface area contributed by atoms with E-state index in [1.807, 2.05) is 7.05 Å². The molecule has 0 saturated carbocycles. The highest BCUT2D eigenvalue weighted by Crippen LogP contribution is 2.28. The van der Waals surface area contributed by atoms with Gasteiger partial charge in [-0.05, 0) is 11.6 Å². The van der Waals surface area contributed by atoms with Crippen LogP contribution in [0.1, 0.15) is 17.4 Å². The van der Waals surface area contributed by atoms with E-state index in [1.54, 1.807) is 35.2 Å². The van der Waals surface area contributed by atoms with E-state index in [-0.39, 0.29) is 18.4 Å². The zero-order valence-corrected chi connectivity index (χ0v) is 14.4. The molecule has 25 heavy (non-hydrogen) atoms. The molecule has 1 fully saturated rings. The Morgan fingerprint density at radius 3 is 3.00 bits per heavy atom. The minimum atomic E-state index is -0.850. The van der Waals surface area contributed by atoms with E-state index in [2.05, 4.69) is 20.8 Å². The third-order valence-electron chi connectivity index (χ3n) is 3.96. The lowest BCUT2D eigenvalue weighted by atomic mass is 9.99. The van der Waals surface area contributed by atoms with Gasteiger partial charge >= 0.3 is 0 Å². The standard InChI is InChI=1S/C16H18ClN5O3/c1-22-9-19-21-12(22)6-7-18-16(24)15-14(20-13(23)8-25-15)10-4-2-3-5-11(10)17/h2-5,9,14-15H,6-8H2,1H3,(H,18,24)(H,20,23)/t14-,15+/m1/s1. The summed E-state index contributed by atoms with van der Waals surface area (Å²) in [5.41, 5.74) is 0.644. The molecule has 0 aliphatic carbocycles. The normalized spacial score (nSPS) is 20.2. The molecule has 0 spiro atoms. The van der Waals surface area contributed by atoms with Crippen LogP contribution in [0, 0.1) is 0 Å². The SMILES string of the molecule is Cn1cnnc1CCNC(=O)[C@H]1OCC(=O)N[C@@H]1c1ccccc1Cl. The Bertz CT molecular complexity index is 779. The van der Waals surface area contributed by atoms with Crippen LogP contribution < -0.4 is 10.6 Å². The average molecular weight is 364 g/mol. The minimum Gasteiger partial charge on any atom is -0.356 e. The molecule has 0 unspecified atom stereocenters. The Labute approximate surface area is 149 Å². The lowest BCUT2D eigenvalue weighted by Crippen LogP contribution is -2.52. The number of hydrogen-bond donors (Lipinski definition) is 2. The van der Waals surface area contributed by atoms with Crippen LogP contribution in [0.2, 0.25) is 5.02 Å². The molecule has 2 heterocycles. The third kappa shape index (κ3) is 3.97. The molecule has 0 bridgehead atoms. The van der Waals surface area contributed by atoms with E-state index in [9.17, 15) is 9.59 Å². The minimum absolute atomic E-state index is 0.164. The molecule has 2 N–H and O–H groups in total. The molecular weight excluding hydrogens is 346 g/mol. The van der Waals surface area contributed by atoms with Crippen LogP contribution in [0.3, 0.4) is 0 Å². The molecule has 132 valence electrons. The van der Waals surface area contributed by atoms with Crippen molar-refractivity contribution in [1.82, 2.24) is 25.4 Å². The van der Waals surface area contributed by atoms with Crippen LogP contribution in [-0.4, -0.2) is 45.8 Å². The van der Waals surface area contributed by atoms with E-state index in [4.69, 9.17) is 16.3 Å². The van der Waals surface area contributed by atoms with Gasteiger partial charge in [0.1, 0.15) is 18.8 Å². The quantitative estimate of drug-likeness (QED) is 0.800. The molecule has 1 saturated heterocycles. The fourth-order valence-corrected chi connectivity index (χ4v) is 2.93. The number of nitrogens with one attached hydrogen (secondary N) is 2. The van der Waals surface area contributed by atoms with Gasteiger partial charge in [-0.1, -0.05) is 29.8 Å². The molecular formula is C16H18ClN5O3. The maximum absolute atomic E-state index is 12.5. The first-order valence-corrected chi connectivity index (χ1v) is 8.20. The summed E-state index contributed by atoms with van der Waals surface area (Å²) in [5, 5.41) is 13.8. The van der Waals surface area contributed by atoms with Gasteiger partial charge in [0.25, 0.3) is 5.91 Å². The van der Waals surface area contributed by atoms with E-state index in [0.29, 0.717) is 23.6 Å². The summed E-state index contributed by atoms with van der Waals surface area (Å²) in [7, 11) is 1.84. The number of hydrogen-bond acceptors (Lipinski definition) is 5. The van der Waals surface area contributed by atoms with E-state index >= 15 is 0 Å². The Hall–Kier alpha value is -2.45. The van der Waals surface area contributed by atoms with Gasteiger partial charge in [-0.25, -0.2) is 0 Å². The van der Waals surface area contributed by atoms with Gasteiger partial charge in [-0.15, -0.1) is 10.2 Å². The number of morpholine rings is 1. The van der Waals surface area contributed by atoms with Crippen molar-refractivity contribution in [2.45, 2.75) is 18.6 Å². The Balaban J connectivity index is 1.67. The smallest absolute Gasteiger partial charge is 0.251 e.